The minimum Gasteiger partial charge on any atom is -0.748 e. The summed E-state index contributed by atoms with van der Waals surface area (Å²) >= 11 is 0. The third-order valence-corrected chi connectivity index (χ3v) is 4.54. The van der Waals surface area contributed by atoms with Crippen molar-refractivity contribution in [1.82, 2.24) is 0 Å². The number of hydrogen-bond acceptors (Lipinski definition) is 3. The van der Waals surface area contributed by atoms with Gasteiger partial charge in [-0.1, -0.05) is 90.4 Å². The maximum absolute atomic E-state index is 10.4. The Bertz CT molecular complexity index is 286. The Morgan fingerprint density at radius 3 is 1.20 bits per heavy atom. The molecule has 0 bridgehead atoms. The van der Waals surface area contributed by atoms with Gasteiger partial charge in [-0.3, -0.25) is 0 Å². The Labute approximate surface area is 126 Å². The first kappa shape index (κ1) is 19.9. The van der Waals surface area contributed by atoms with Crippen molar-refractivity contribution < 1.29 is 13.0 Å². The Kier molecular flexibility index (Phi) is 13.8. The van der Waals surface area contributed by atoms with Gasteiger partial charge >= 0.3 is 0 Å². The lowest BCUT2D eigenvalue weighted by Crippen LogP contribution is -2.03. The molecule has 0 aliphatic heterocycles. The predicted octanol–water partition coefficient (Wildman–Crippen LogP) is 5.01. The summed E-state index contributed by atoms with van der Waals surface area (Å²) in [6, 6.07) is 0. The molecule has 3 nitrogen and oxygen atoms in total. The van der Waals surface area contributed by atoms with Crippen LogP contribution in [0.2, 0.25) is 0 Å². The van der Waals surface area contributed by atoms with E-state index in [4.69, 9.17) is 0 Å². The predicted molar refractivity (Wildman–Crippen MR) is 84.9 cm³/mol. The standard InChI is InChI=1S/C16H34O3S/c1-2-3-4-5-6-7-8-9-10-11-12-13-14-15-16-20(17,18)19/h2-16H2,1H3,(H,17,18,19)/p-1. The van der Waals surface area contributed by atoms with Gasteiger partial charge in [-0.15, -0.1) is 0 Å². The van der Waals surface area contributed by atoms with E-state index in [-0.39, 0.29) is 5.75 Å². The molecule has 0 atom stereocenters. The van der Waals surface area contributed by atoms with Crippen molar-refractivity contribution in [1.29, 1.82) is 0 Å². The fourth-order valence-electron chi connectivity index (χ4n) is 2.47. The summed E-state index contributed by atoms with van der Waals surface area (Å²) in [5.74, 6) is -0.189. The van der Waals surface area contributed by atoms with Crippen LogP contribution in [0.25, 0.3) is 0 Å². The lowest BCUT2D eigenvalue weighted by Gasteiger charge is -2.06. The fourth-order valence-corrected chi connectivity index (χ4v) is 3.03. The minimum absolute atomic E-state index is 0.189. The monoisotopic (exact) mass is 305 g/mol. The highest BCUT2D eigenvalue weighted by Gasteiger charge is 1.96. The van der Waals surface area contributed by atoms with Gasteiger partial charge in [-0.2, -0.15) is 0 Å². The van der Waals surface area contributed by atoms with Crippen molar-refractivity contribution in [2.75, 3.05) is 5.75 Å². The lowest BCUT2D eigenvalue weighted by atomic mass is 10.0. The van der Waals surface area contributed by atoms with Crippen LogP contribution in [0.1, 0.15) is 96.8 Å². The molecule has 0 saturated carbocycles. The van der Waals surface area contributed by atoms with E-state index in [9.17, 15) is 13.0 Å². The summed E-state index contributed by atoms with van der Waals surface area (Å²) in [5.41, 5.74) is 0. The SMILES string of the molecule is CCCCCCCCCCCCCCCCS(=O)(=O)[O-]. The van der Waals surface area contributed by atoms with Gasteiger partial charge < -0.3 is 4.55 Å². The van der Waals surface area contributed by atoms with E-state index in [1.165, 1.54) is 70.6 Å². The Hall–Kier alpha value is -0.0900. The van der Waals surface area contributed by atoms with E-state index >= 15 is 0 Å². The molecule has 0 aromatic heterocycles. The minimum atomic E-state index is -3.99. The van der Waals surface area contributed by atoms with Crippen LogP contribution < -0.4 is 0 Å². The molecule has 0 fully saturated rings. The molecule has 4 heteroatoms. The summed E-state index contributed by atoms with van der Waals surface area (Å²) in [4.78, 5) is 0. The molecule has 0 rings (SSSR count). The zero-order chi connectivity index (χ0) is 15.1. The van der Waals surface area contributed by atoms with E-state index in [0.29, 0.717) is 6.42 Å². The zero-order valence-electron chi connectivity index (χ0n) is 13.2. The second-order valence-corrected chi connectivity index (χ2v) is 7.38. The molecule has 20 heavy (non-hydrogen) atoms. The topological polar surface area (TPSA) is 57.2 Å². The molecule has 0 radical (unpaired) electrons. The van der Waals surface area contributed by atoms with Gasteiger partial charge in [0.15, 0.2) is 0 Å². The molecule has 122 valence electrons. The normalized spacial score (nSPS) is 11.9. The molecule has 0 aliphatic carbocycles. The van der Waals surface area contributed by atoms with Gasteiger partial charge in [0.1, 0.15) is 0 Å². The van der Waals surface area contributed by atoms with Crippen LogP contribution in [0.4, 0.5) is 0 Å². The third-order valence-electron chi connectivity index (χ3n) is 3.75. The molecule has 0 amide bonds. The van der Waals surface area contributed by atoms with E-state index in [1.54, 1.807) is 0 Å². The van der Waals surface area contributed by atoms with Gasteiger partial charge in [-0.25, -0.2) is 8.42 Å². The maximum atomic E-state index is 10.4. The first-order valence-electron chi connectivity index (χ1n) is 8.50. The summed E-state index contributed by atoms with van der Waals surface area (Å²) in [5, 5.41) is 0. The number of unbranched alkanes of at least 4 members (excludes halogenated alkanes) is 13. The van der Waals surface area contributed by atoms with Crippen LogP contribution in [0.5, 0.6) is 0 Å². The molecule has 0 aliphatic rings. The molecule has 0 aromatic carbocycles. The highest BCUT2D eigenvalue weighted by atomic mass is 32.2. The van der Waals surface area contributed by atoms with E-state index in [0.717, 1.165) is 12.8 Å². The summed E-state index contributed by atoms with van der Waals surface area (Å²) in [7, 11) is -3.99. The molecular formula is C16H33O3S-. The van der Waals surface area contributed by atoms with Crippen molar-refractivity contribution in [2.24, 2.45) is 0 Å². The number of rotatable bonds is 15. The van der Waals surface area contributed by atoms with Crippen LogP contribution in [0.15, 0.2) is 0 Å². The van der Waals surface area contributed by atoms with Gasteiger partial charge in [0.05, 0.1) is 10.1 Å². The van der Waals surface area contributed by atoms with Gasteiger partial charge in [-0.05, 0) is 6.42 Å². The summed E-state index contributed by atoms with van der Waals surface area (Å²) < 4.78 is 31.2. The second-order valence-electron chi connectivity index (χ2n) is 5.86. The van der Waals surface area contributed by atoms with Gasteiger partial charge in [0, 0.05) is 5.75 Å². The Balaban J connectivity index is 3.03. The smallest absolute Gasteiger partial charge is 0.0945 e. The first-order chi connectivity index (χ1) is 9.56. The average Bonchev–Trinajstić information content (AvgIpc) is 2.38. The molecule has 0 heterocycles. The second kappa shape index (κ2) is 13.9. The largest absolute Gasteiger partial charge is 0.748 e. The van der Waals surface area contributed by atoms with Crippen LogP contribution >= 0.6 is 0 Å². The molecule has 0 N–H and O–H groups in total. The van der Waals surface area contributed by atoms with E-state index in [2.05, 4.69) is 6.92 Å². The molecule has 0 spiro atoms. The average molecular weight is 306 g/mol. The lowest BCUT2D eigenvalue weighted by molar-refractivity contribution is 0.459. The summed E-state index contributed by atoms with van der Waals surface area (Å²) in [6.45, 7) is 2.25. The highest BCUT2D eigenvalue weighted by Crippen LogP contribution is 2.13. The van der Waals surface area contributed by atoms with Crippen LogP contribution in [-0.2, 0) is 10.1 Å². The van der Waals surface area contributed by atoms with Crippen LogP contribution in [-0.4, -0.2) is 18.7 Å². The Morgan fingerprint density at radius 2 is 0.900 bits per heavy atom. The van der Waals surface area contributed by atoms with Crippen molar-refractivity contribution in [3.63, 3.8) is 0 Å². The van der Waals surface area contributed by atoms with Crippen molar-refractivity contribution in [2.45, 2.75) is 96.8 Å². The highest BCUT2D eigenvalue weighted by molar-refractivity contribution is 7.85. The van der Waals surface area contributed by atoms with Gasteiger partial charge in [0.2, 0.25) is 0 Å². The zero-order valence-corrected chi connectivity index (χ0v) is 14.1. The van der Waals surface area contributed by atoms with E-state index < -0.39 is 10.1 Å². The molecular weight excluding hydrogens is 272 g/mol. The maximum Gasteiger partial charge on any atom is 0.0945 e. The quantitative estimate of drug-likeness (QED) is 0.315. The van der Waals surface area contributed by atoms with Gasteiger partial charge in [0.25, 0.3) is 0 Å². The molecule has 0 unspecified atom stereocenters. The summed E-state index contributed by atoms with van der Waals surface area (Å²) in [6.07, 6.45) is 17.2. The fraction of sp³-hybridized carbons (Fsp3) is 1.00. The third kappa shape index (κ3) is 17.9. The van der Waals surface area contributed by atoms with Crippen molar-refractivity contribution in [3.05, 3.63) is 0 Å². The molecule has 0 saturated heterocycles. The van der Waals surface area contributed by atoms with Crippen LogP contribution in [0, 0.1) is 0 Å². The first-order valence-corrected chi connectivity index (χ1v) is 10.1. The van der Waals surface area contributed by atoms with Crippen LogP contribution in [0.3, 0.4) is 0 Å². The van der Waals surface area contributed by atoms with Crippen molar-refractivity contribution in [3.8, 4) is 0 Å². The number of hydrogen-bond donors (Lipinski definition) is 0. The molecule has 0 aromatic rings. The Morgan fingerprint density at radius 1 is 0.600 bits per heavy atom. The van der Waals surface area contributed by atoms with E-state index in [1.807, 2.05) is 0 Å². The van der Waals surface area contributed by atoms with Crippen molar-refractivity contribution >= 4 is 10.1 Å².